The Morgan fingerprint density at radius 3 is 2.63 bits per heavy atom. The Balaban J connectivity index is 1.86. The number of rotatable bonds is 6. The standard InChI is InChI=1S/C20H24N2O4S/c1-3-21-18(23)14(2)26-20(24)17-13-16(15-7-5-4-6-8-15)19(27-17)22-9-11-25-12-10-22/h4-8,13-14H,3,9-12H2,1-2H3,(H,21,23)/t14-/m0/s1. The van der Waals surface area contributed by atoms with E-state index in [0.717, 1.165) is 29.2 Å². The zero-order valence-electron chi connectivity index (χ0n) is 15.6. The first-order valence-corrected chi connectivity index (χ1v) is 9.92. The number of amides is 1. The van der Waals surface area contributed by atoms with Crippen molar-refractivity contribution < 1.29 is 19.1 Å². The van der Waals surface area contributed by atoms with Gasteiger partial charge in [-0.2, -0.15) is 0 Å². The first kappa shape index (κ1) is 19.4. The molecule has 1 aromatic heterocycles. The van der Waals surface area contributed by atoms with Crippen LogP contribution in [0.1, 0.15) is 23.5 Å². The van der Waals surface area contributed by atoms with Gasteiger partial charge in [-0.05, 0) is 25.5 Å². The van der Waals surface area contributed by atoms with Gasteiger partial charge in [0.15, 0.2) is 6.10 Å². The second-order valence-corrected chi connectivity index (χ2v) is 7.27. The van der Waals surface area contributed by atoms with Crippen molar-refractivity contribution in [2.75, 3.05) is 37.7 Å². The summed E-state index contributed by atoms with van der Waals surface area (Å²) in [4.78, 5) is 27.2. The Morgan fingerprint density at radius 1 is 1.26 bits per heavy atom. The fourth-order valence-electron chi connectivity index (χ4n) is 2.90. The number of benzene rings is 1. The van der Waals surface area contributed by atoms with Crippen molar-refractivity contribution in [1.82, 2.24) is 5.32 Å². The van der Waals surface area contributed by atoms with E-state index in [0.29, 0.717) is 24.6 Å². The van der Waals surface area contributed by atoms with E-state index < -0.39 is 12.1 Å². The van der Waals surface area contributed by atoms with Gasteiger partial charge >= 0.3 is 5.97 Å². The maximum Gasteiger partial charge on any atom is 0.349 e. The van der Waals surface area contributed by atoms with E-state index in [1.54, 1.807) is 6.92 Å². The summed E-state index contributed by atoms with van der Waals surface area (Å²) in [5.41, 5.74) is 2.05. The van der Waals surface area contributed by atoms with Gasteiger partial charge in [0.05, 0.1) is 18.2 Å². The summed E-state index contributed by atoms with van der Waals surface area (Å²) in [7, 11) is 0. The normalized spacial score (nSPS) is 15.3. The first-order valence-electron chi connectivity index (χ1n) is 9.10. The number of likely N-dealkylation sites (N-methyl/N-ethyl adjacent to an activating group) is 1. The number of carbonyl (C=O) groups excluding carboxylic acids is 2. The number of nitrogens with zero attached hydrogens (tertiary/aromatic N) is 1. The lowest BCUT2D eigenvalue weighted by Gasteiger charge is -2.28. The smallest absolute Gasteiger partial charge is 0.349 e. The van der Waals surface area contributed by atoms with Gasteiger partial charge in [-0.3, -0.25) is 4.79 Å². The highest BCUT2D eigenvalue weighted by Crippen LogP contribution is 2.39. The van der Waals surface area contributed by atoms with Gasteiger partial charge in [0.2, 0.25) is 0 Å². The van der Waals surface area contributed by atoms with Crippen molar-refractivity contribution in [3.63, 3.8) is 0 Å². The molecule has 2 aromatic rings. The predicted octanol–water partition coefficient (Wildman–Crippen LogP) is 2.93. The molecule has 0 aliphatic carbocycles. The molecule has 7 heteroatoms. The van der Waals surface area contributed by atoms with Crippen molar-refractivity contribution in [3.05, 3.63) is 41.3 Å². The van der Waals surface area contributed by atoms with Gasteiger partial charge in [-0.25, -0.2) is 4.79 Å². The Labute approximate surface area is 163 Å². The van der Waals surface area contributed by atoms with E-state index in [2.05, 4.69) is 10.2 Å². The zero-order chi connectivity index (χ0) is 19.2. The lowest BCUT2D eigenvalue weighted by molar-refractivity contribution is -0.128. The minimum absolute atomic E-state index is 0.293. The number of morpholine rings is 1. The SMILES string of the molecule is CCNC(=O)[C@H](C)OC(=O)c1cc(-c2ccccc2)c(N2CCOCC2)s1. The topological polar surface area (TPSA) is 67.9 Å². The van der Waals surface area contributed by atoms with Crippen LogP contribution in [-0.4, -0.2) is 50.8 Å². The zero-order valence-corrected chi connectivity index (χ0v) is 16.4. The summed E-state index contributed by atoms with van der Waals surface area (Å²) >= 11 is 1.40. The van der Waals surface area contributed by atoms with Gasteiger partial charge in [-0.15, -0.1) is 11.3 Å². The van der Waals surface area contributed by atoms with Crippen LogP contribution in [0.5, 0.6) is 0 Å². The predicted molar refractivity (Wildman–Crippen MR) is 106 cm³/mol. The monoisotopic (exact) mass is 388 g/mol. The third kappa shape index (κ3) is 4.67. The van der Waals surface area contributed by atoms with Gasteiger partial charge in [0, 0.05) is 25.2 Å². The first-order chi connectivity index (χ1) is 13.1. The maximum atomic E-state index is 12.6. The van der Waals surface area contributed by atoms with E-state index >= 15 is 0 Å². The number of esters is 1. The summed E-state index contributed by atoms with van der Waals surface area (Å²) < 4.78 is 10.8. The van der Waals surface area contributed by atoms with E-state index in [4.69, 9.17) is 9.47 Å². The van der Waals surface area contributed by atoms with Gasteiger partial charge < -0.3 is 19.7 Å². The second kappa shape index (κ2) is 9.01. The molecule has 0 unspecified atom stereocenters. The highest BCUT2D eigenvalue weighted by Gasteiger charge is 2.24. The molecule has 2 heterocycles. The molecule has 1 saturated heterocycles. The Kier molecular flexibility index (Phi) is 6.47. The van der Waals surface area contributed by atoms with Crippen LogP contribution < -0.4 is 10.2 Å². The van der Waals surface area contributed by atoms with Crippen LogP contribution in [0.4, 0.5) is 5.00 Å². The Hall–Kier alpha value is -2.38. The average molecular weight is 388 g/mol. The fourth-order valence-corrected chi connectivity index (χ4v) is 4.01. The second-order valence-electron chi connectivity index (χ2n) is 6.24. The van der Waals surface area contributed by atoms with Crippen LogP contribution in [0.3, 0.4) is 0 Å². The van der Waals surface area contributed by atoms with Crippen molar-refractivity contribution in [1.29, 1.82) is 0 Å². The molecule has 1 atom stereocenters. The summed E-state index contributed by atoms with van der Waals surface area (Å²) in [5, 5.41) is 3.69. The van der Waals surface area contributed by atoms with Crippen LogP contribution in [0.25, 0.3) is 11.1 Å². The average Bonchev–Trinajstić information content (AvgIpc) is 3.15. The Bertz CT molecular complexity index is 785. The third-order valence-corrected chi connectivity index (χ3v) is 5.48. The number of hydrogen-bond acceptors (Lipinski definition) is 6. The molecular formula is C20H24N2O4S. The molecule has 1 N–H and O–H groups in total. The molecule has 3 rings (SSSR count). The maximum absolute atomic E-state index is 12.6. The van der Waals surface area contributed by atoms with Crippen LogP contribution >= 0.6 is 11.3 Å². The minimum Gasteiger partial charge on any atom is -0.448 e. The molecule has 0 saturated carbocycles. The van der Waals surface area contributed by atoms with Gasteiger partial charge in [0.25, 0.3) is 5.91 Å². The van der Waals surface area contributed by atoms with Crippen molar-refractivity contribution >= 4 is 28.2 Å². The highest BCUT2D eigenvalue weighted by molar-refractivity contribution is 7.18. The summed E-state index contributed by atoms with van der Waals surface area (Å²) in [6.07, 6.45) is -0.827. The molecular weight excluding hydrogens is 364 g/mol. The molecule has 0 spiro atoms. The summed E-state index contributed by atoms with van der Waals surface area (Å²) in [6.45, 7) is 6.80. The molecule has 1 amide bonds. The molecule has 0 radical (unpaired) electrons. The number of hydrogen-bond donors (Lipinski definition) is 1. The molecule has 1 fully saturated rings. The van der Waals surface area contributed by atoms with E-state index in [1.165, 1.54) is 11.3 Å². The molecule has 1 aromatic carbocycles. The number of anilines is 1. The minimum atomic E-state index is -0.827. The number of ether oxygens (including phenoxy) is 2. The van der Waals surface area contributed by atoms with Crippen molar-refractivity contribution in [2.45, 2.75) is 20.0 Å². The molecule has 0 bridgehead atoms. The summed E-state index contributed by atoms with van der Waals surface area (Å²) in [6, 6.07) is 11.8. The van der Waals surface area contributed by atoms with Crippen LogP contribution in [0.15, 0.2) is 36.4 Å². The van der Waals surface area contributed by atoms with Crippen LogP contribution in [-0.2, 0) is 14.3 Å². The van der Waals surface area contributed by atoms with Crippen molar-refractivity contribution in [3.8, 4) is 11.1 Å². The number of carbonyl (C=O) groups is 2. The number of thiophene rings is 1. The highest BCUT2D eigenvalue weighted by atomic mass is 32.1. The lowest BCUT2D eigenvalue weighted by Crippen LogP contribution is -2.36. The summed E-state index contributed by atoms with van der Waals surface area (Å²) in [5.74, 6) is -0.769. The fraction of sp³-hybridized carbons (Fsp3) is 0.400. The lowest BCUT2D eigenvalue weighted by atomic mass is 10.1. The molecule has 1 aliphatic rings. The van der Waals surface area contributed by atoms with E-state index in [1.807, 2.05) is 43.3 Å². The van der Waals surface area contributed by atoms with Gasteiger partial charge in [0.1, 0.15) is 4.88 Å². The van der Waals surface area contributed by atoms with Gasteiger partial charge in [-0.1, -0.05) is 30.3 Å². The molecule has 6 nitrogen and oxygen atoms in total. The van der Waals surface area contributed by atoms with Crippen LogP contribution in [0, 0.1) is 0 Å². The molecule has 1 aliphatic heterocycles. The largest absolute Gasteiger partial charge is 0.448 e. The quantitative estimate of drug-likeness (QED) is 0.771. The van der Waals surface area contributed by atoms with E-state index in [-0.39, 0.29) is 5.91 Å². The molecule has 27 heavy (non-hydrogen) atoms. The third-order valence-electron chi connectivity index (χ3n) is 4.30. The van der Waals surface area contributed by atoms with E-state index in [9.17, 15) is 9.59 Å². The van der Waals surface area contributed by atoms with Crippen molar-refractivity contribution in [2.24, 2.45) is 0 Å². The molecule has 144 valence electrons. The van der Waals surface area contributed by atoms with Crippen LogP contribution in [0.2, 0.25) is 0 Å². The number of nitrogens with one attached hydrogen (secondary N) is 1. The Morgan fingerprint density at radius 2 is 1.96 bits per heavy atom.